The van der Waals surface area contributed by atoms with E-state index in [-0.39, 0.29) is 17.4 Å². The van der Waals surface area contributed by atoms with E-state index < -0.39 is 11.8 Å². The minimum atomic E-state index is -0.480. The summed E-state index contributed by atoms with van der Waals surface area (Å²) in [5, 5.41) is 6.06. The summed E-state index contributed by atoms with van der Waals surface area (Å²) in [7, 11) is 0. The number of hydrogen-bond acceptors (Lipinski definition) is 4. The molecule has 1 aromatic carbocycles. The zero-order chi connectivity index (χ0) is 16.7. The first-order valence-electron chi connectivity index (χ1n) is 6.47. The molecule has 1 aromatic heterocycles. The molecular formula is C14H13ClN4O3S. The number of rotatable bonds is 4. The fraction of sp³-hybridized carbons (Fsp3) is 0.0714. The molecule has 0 radical (unpaired) electrons. The topological polar surface area (TPSA) is 95.4 Å². The number of benzene rings is 1. The molecule has 0 unspecified atom stereocenters. The second-order valence-electron chi connectivity index (χ2n) is 4.29. The van der Waals surface area contributed by atoms with E-state index in [4.69, 9.17) is 28.2 Å². The molecule has 2 aromatic rings. The first-order chi connectivity index (χ1) is 11.0. The van der Waals surface area contributed by atoms with E-state index in [1.54, 1.807) is 30.3 Å². The van der Waals surface area contributed by atoms with Crippen LogP contribution in [0.15, 0.2) is 47.1 Å². The number of halogens is 1. The van der Waals surface area contributed by atoms with Crippen LogP contribution in [0.5, 0.6) is 0 Å². The molecule has 1 heterocycles. The molecule has 2 amide bonds. The number of anilines is 1. The zero-order valence-electron chi connectivity index (χ0n) is 11.8. The van der Waals surface area contributed by atoms with E-state index in [2.05, 4.69) is 21.5 Å². The summed E-state index contributed by atoms with van der Waals surface area (Å²) in [6, 6.07) is 9.96. The molecule has 0 saturated carbocycles. The Hall–Kier alpha value is -2.58. The fourth-order valence-corrected chi connectivity index (χ4v) is 1.82. The molecule has 120 valence electrons. The molecule has 0 spiro atoms. The van der Waals surface area contributed by atoms with Gasteiger partial charge in [0.1, 0.15) is 0 Å². The van der Waals surface area contributed by atoms with E-state index in [0.29, 0.717) is 10.7 Å². The van der Waals surface area contributed by atoms with Crippen LogP contribution in [0.2, 0.25) is 5.02 Å². The van der Waals surface area contributed by atoms with Crippen LogP contribution >= 0.6 is 23.8 Å². The molecule has 7 nitrogen and oxygen atoms in total. The third-order valence-electron chi connectivity index (χ3n) is 2.57. The average molecular weight is 353 g/mol. The van der Waals surface area contributed by atoms with E-state index in [0.717, 1.165) is 0 Å². The maximum Gasteiger partial charge on any atom is 0.287 e. The number of hydrazine groups is 1. The Morgan fingerprint density at radius 3 is 2.52 bits per heavy atom. The predicted octanol–water partition coefficient (Wildman–Crippen LogP) is 1.68. The SMILES string of the molecule is O=C(CNC(=O)c1ccco1)NNC(=S)Nc1ccc(Cl)cc1. The third-order valence-corrected chi connectivity index (χ3v) is 3.03. The van der Waals surface area contributed by atoms with Gasteiger partial charge in [0.25, 0.3) is 11.8 Å². The highest BCUT2D eigenvalue weighted by Gasteiger charge is 2.10. The fourth-order valence-electron chi connectivity index (χ4n) is 1.52. The van der Waals surface area contributed by atoms with Gasteiger partial charge in [0.15, 0.2) is 10.9 Å². The zero-order valence-corrected chi connectivity index (χ0v) is 13.3. The highest BCUT2D eigenvalue weighted by molar-refractivity contribution is 7.80. The maximum atomic E-state index is 11.6. The Morgan fingerprint density at radius 2 is 1.87 bits per heavy atom. The van der Waals surface area contributed by atoms with Gasteiger partial charge >= 0.3 is 0 Å². The van der Waals surface area contributed by atoms with Gasteiger partial charge in [-0.2, -0.15) is 0 Å². The lowest BCUT2D eigenvalue weighted by molar-refractivity contribution is -0.120. The van der Waals surface area contributed by atoms with Crippen LogP contribution in [0.3, 0.4) is 0 Å². The predicted molar refractivity (Wildman–Crippen MR) is 90.0 cm³/mol. The highest BCUT2D eigenvalue weighted by Crippen LogP contribution is 2.12. The van der Waals surface area contributed by atoms with Crippen molar-refractivity contribution in [1.82, 2.24) is 16.2 Å². The molecule has 4 N–H and O–H groups in total. The molecule has 2 rings (SSSR count). The molecule has 0 aliphatic heterocycles. The molecule has 0 fully saturated rings. The molecule has 9 heteroatoms. The molecule has 0 atom stereocenters. The standard InChI is InChI=1S/C14H13ClN4O3S/c15-9-3-5-10(6-4-9)17-14(23)19-18-12(20)8-16-13(21)11-2-1-7-22-11/h1-7H,8H2,(H,16,21)(H,18,20)(H2,17,19,23). The summed E-state index contributed by atoms with van der Waals surface area (Å²) in [5.41, 5.74) is 5.58. The summed E-state index contributed by atoms with van der Waals surface area (Å²) in [6.45, 7) is -0.226. The summed E-state index contributed by atoms with van der Waals surface area (Å²) in [4.78, 5) is 23.2. The molecule has 0 saturated heterocycles. The lowest BCUT2D eigenvalue weighted by atomic mass is 10.3. The number of thiocarbonyl (C=S) groups is 1. The van der Waals surface area contributed by atoms with Crippen molar-refractivity contribution in [2.24, 2.45) is 0 Å². The van der Waals surface area contributed by atoms with Crippen LogP contribution in [-0.2, 0) is 4.79 Å². The lowest BCUT2D eigenvalue weighted by Gasteiger charge is -2.11. The Labute approximate surface area is 142 Å². The number of hydrogen-bond donors (Lipinski definition) is 4. The van der Waals surface area contributed by atoms with Crippen molar-refractivity contribution < 1.29 is 14.0 Å². The summed E-state index contributed by atoms with van der Waals surface area (Å²) >= 11 is 10.8. The van der Waals surface area contributed by atoms with Crippen LogP contribution in [-0.4, -0.2) is 23.5 Å². The third kappa shape index (κ3) is 5.61. The van der Waals surface area contributed by atoms with Crippen molar-refractivity contribution >= 4 is 46.4 Å². The van der Waals surface area contributed by atoms with Crippen LogP contribution in [0, 0.1) is 0 Å². The number of amides is 2. The van der Waals surface area contributed by atoms with Crippen LogP contribution in [0.25, 0.3) is 0 Å². The van der Waals surface area contributed by atoms with Gasteiger partial charge in [0, 0.05) is 10.7 Å². The van der Waals surface area contributed by atoms with Crippen molar-refractivity contribution in [2.45, 2.75) is 0 Å². The van der Waals surface area contributed by atoms with Crippen LogP contribution in [0.4, 0.5) is 5.69 Å². The number of furan rings is 1. The second kappa shape index (κ2) is 8.16. The Balaban J connectivity index is 1.68. The monoisotopic (exact) mass is 352 g/mol. The van der Waals surface area contributed by atoms with Gasteiger partial charge in [-0.15, -0.1) is 0 Å². The van der Waals surface area contributed by atoms with Gasteiger partial charge < -0.3 is 15.1 Å². The largest absolute Gasteiger partial charge is 0.459 e. The number of carbonyl (C=O) groups excluding carboxylic acids is 2. The molecule has 0 aliphatic rings. The van der Waals surface area contributed by atoms with Crippen molar-refractivity contribution in [3.05, 3.63) is 53.4 Å². The maximum absolute atomic E-state index is 11.6. The van der Waals surface area contributed by atoms with E-state index >= 15 is 0 Å². The molecule has 0 bridgehead atoms. The summed E-state index contributed by atoms with van der Waals surface area (Å²) in [6.07, 6.45) is 1.37. The van der Waals surface area contributed by atoms with Crippen molar-refractivity contribution in [2.75, 3.05) is 11.9 Å². The minimum absolute atomic E-state index is 0.130. The second-order valence-corrected chi connectivity index (χ2v) is 5.14. The normalized spacial score (nSPS) is 9.78. The minimum Gasteiger partial charge on any atom is -0.459 e. The van der Waals surface area contributed by atoms with Crippen molar-refractivity contribution in [1.29, 1.82) is 0 Å². The number of carbonyl (C=O) groups is 2. The van der Waals surface area contributed by atoms with Gasteiger partial charge in [-0.3, -0.25) is 20.4 Å². The first-order valence-corrected chi connectivity index (χ1v) is 7.26. The van der Waals surface area contributed by atoms with Crippen LogP contribution in [0.1, 0.15) is 10.6 Å². The Kier molecular flexibility index (Phi) is 5.95. The lowest BCUT2D eigenvalue weighted by Crippen LogP contribution is -2.47. The molecular weight excluding hydrogens is 340 g/mol. The first kappa shape index (κ1) is 16.8. The van der Waals surface area contributed by atoms with Gasteiger partial charge in [0.2, 0.25) is 0 Å². The average Bonchev–Trinajstić information content (AvgIpc) is 3.07. The van der Waals surface area contributed by atoms with E-state index in [1.165, 1.54) is 12.3 Å². The smallest absolute Gasteiger partial charge is 0.287 e. The highest BCUT2D eigenvalue weighted by atomic mass is 35.5. The summed E-state index contributed by atoms with van der Waals surface area (Å²) < 4.78 is 4.90. The molecule has 0 aliphatic carbocycles. The van der Waals surface area contributed by atoms with Gasteiger partial charge in [0.05, 0.1) is 12.8 Å². The van der Waals surface area contributed by atoms with Crippen molar-refractivity contribution in [3.63, 3.8) is 0 Å². The van der Waals surface area contributed by atoms with Gasteiger partial charge in [-0.25, -0.2) is 0 Å². The Bertz CT molecular complexity index is 689. The summed E-state index contributed by atoms with van der Waals surface area (Å²) in [5.74, 6) is -0.817. The van der Waals surface area contributed by atoms with Crippen molar-refractivity contribution in [3.8, 4) is 0 Å². The Morgan fingerprint density at radius 1 is 1.13 bits per heavy atom. The van der Waals surface area contributed by atoms with E-state index in [1.807, 2.05) is 0 Å². The van der Waals surface area contributed by atoms with E-state index in [9.17, 15) is 9.59 Å². The van der Waals surface area contributed by atoms with Gasteiger partial charge in [-0.05, 0) is 48.6 Å². The van der Waals surface area contributed by atoms with Gasteiger partial charge in [-0.1, -0.05) is 11.6 Å². The van der Waals surface area contributed by atoms with Crippen LogP contribution < -0.4 is 21.5 Å². The number of nitrogens with one attached hydrogen (secondary N) is 4. The molecule has 23 heavy (non-hydrogen) atoms. The quantitative estimate of drug-likeness (QED) is 0.494.